The Morgan fingerprint density at radius 2 is 1.90 bits per heavy atom. The third kappa shape index (κ3) is 3.07. The third-order valence-corrected chi connectivity index (χ3v) is 4.70. The lowest BCUT2D eigenvalue weighted by molar-refractivity contribution is -0.137. The monoisotopic (exact) mass is 282 g/mol. The van der Waals surface area contributed by atoms with Gasteiger partial charge in [0.1, 0.15) is 6.04 Å². The van der Waals surface area contributed by atoms with E-state index in [0.717, 1.165) is 38.6 Å². The van der Waals surface area contributed by atoms with Crippen molar-refractivity contribution in [1.82, 2.24) is 10.2 Å². The van der Waals surface area contributed by atoms with Crippen molar-refractivity contribution in [2.75, 3.05) is 13.7 Å². The van der Waals surface area contributed by atoms with Crippen LogP contribution in [-0.4, -0.2) is 42.6 Å². The molecule has 0 aromatic heterocycles. The smallest absolute Gasteiger partial charge is 0.407 e. The summed E-state index contributed by atoms with van der Waals surface area (Å²) in [5, 5.41) is 2.75. The van der Waals surface area contributed by atoms with Crippen LogP contribution in [0.5, 0.6) is 0 Å². The Balaban J connectivity index is 2.07. The number of hydrogen-bond donors (Lipinski definition) is 1. The van der Waals surface area contributed by atoms with Gasteiger partial charge in [0.15, 0.2) is 0 Å². The van der Waals surface area contributed by atoms with E-state index in [1.807, 2.05) is 4.90 Å². The highest BCUT2D eigenvalue weighted by Gasteiger charge is 2.40. The molecule has 1 saturated carbocycles. The van der Waals surface area contributed by atoms with E-state index in [4.69, 9.17) is 0 Å². The highest BCUT2D eigenvalue weighted by Crippen LogP contribution is 2.32. The SMILES string of the molecule is COC(=O)N[C@H](C(=O)N1CCC[C@H]1C(C)C)C1CCC1. The van der Waals surface area contributed by atoms with Gasteiger partial charge in [0.25, 0.3) is 0 Å². The quantitative estimate of drug-likeness (QED) is 0.859. The first-order chi connectivity index (χ1) is 9.54. The van der Waals surface area contributed by atoms with Gasteiger partial charge < -0.3 is 15.0 Å². The number of nitrogens with zero attached hydrogens (tertiary/aromatic N) is 1. The van der Waals surface area contributed by atoms with Crippen molar-refractivity contribution < 1.29 is 14.3 Å². The number of rotatable bonds is 4. The number of ether oxygens (including phenoxy) is 1. The van der Waals surface area contributed by atoms with E-state index in [1.54, 1.807) is 0 Å². The van der Waals surface area contributed by atoms with Crippen LogP contribution >= 0.6 is 0 Å². The summed E-state index contributed by atoms with van der Waals surface area (Å²) >= 11 is 0. The molecule has 1 aliphatic carbocycles. The van der Waals surface area contributed by atoms with Crippen LogP contribution in [0.4, 0.5) is 4.79 Å². The Morgan fingerprint density at radius 3 is 2.40 bits per heavy atom. The van der Waals surface area contributed by atoms with Gasteiger partial charge in [-0.25, -0.2) is 4.79 Å². The van der Waals surface area contributed by atoms with Crippen LogP contribution in [-0.2, 0) is 9.53 Å². The van der Waals surface area contributed by atoms with Crippen molar-refractivity contribution in [3.05, 3.63) is 0 Å². The summed E-state index contributed by atoms with van der Waals surface area (Å²) in [4.78, 5) is 26.3. The summed E-state index contributed by atoms with van der Waals surface area (Å²) in [5.41, 5.74) is 0. The maximum absolute atomic E-state index is 12.8. The lowest BCUT2D eigenvalue weighted by atomic mass is 9.79. The highest BCUT2D eigenvalue weighted by molar-refractivity contribution is 5.86. The topological polar surface area (TPSA) is 58.6 Å². The molecule has 0 bridgehead atoms. The molecule has 20 heavy (non-hydrogen) atoms. The van der Waals surface area contributed by atoms with Crippen molar-refractivity contribution in [3.8, 4) is 0 Å². The van der Waals surface area contributed by atoms with Gasteiger partial charge in [-0.05, 0) is 37.5 Å². The molecule has 2 rings (SSSR count). The van der Waals surface area contributed by atoms with Gasteiger partial charge in [0.05, 0.1) is 7.11 Å². The van der Waals surface area contributed by atoms with E-state index in [9.17, 15) is 9.59 Å². The summed E-state index contributed by atoms with van der Waals surface area (Å²) in [6.07, 6.45) is 4.80. The van der Waals surface area contributed by atoms with E-state index in [0.29, 0.717) is 12.0 Å². The third-order valence-electron chi connectivity index (χ3n) is 4.70. The van der Waals surface area contributed by atoms with E-state index >= 15 is 0 Å². The summed E-state index contributed by atoms with van der Waals surface area (Å²) < 4.78 is 4.67. The van der Waals surface area contributed by atoms with Crippen LogP contribution in [0.25, 0.3) is 0 Å². The lowest BCUT2D eigenvalue weighted by Gasteiger charge is -2.37. The van der Waals surface area contributed by atoms with Crippen LogP contribution in [0, 0.1) is 11.8 Å². The second-order valence-corrected chi connectivity index (χ2v) is 6.29. The van der Waals surface area contributed by atoms with E-state index < -0.39 is 12.1 Å². The van der Waals surface area contributed by atoms with Crippen LogP contribution < -0.4 is 5.32 Å². The predicted molar refractivity (Wildman–Crippen MR) is 76.2 cm³/mol. The van der Waals surface area contributed by atoms with Gasteiger partial charge >= 0.3 is 6.09 Å². The van der Waals surface area contributed by atoms with E-state index in [-0.39, 0.29) is 11.8 Å². The molecule has 5 heteroatoms. The fraction of sp³-hybridized carbons (Fsp3) is 0.867. The zero-order valence-corrected chi connectivity index (χ0v) is 12.7. The molecule has 2 fully saturated rings. The molecule has 2 aliphatic rings. The Morgan fingerprint density at radius 1 is 1.20 bits per heavy atom. The fourth-order valence-corrected chi connectivity index (χ4v) is 3.28. The second-order valence-electron chi connectivity index (χ2n) is 6.29. The minimum absolute atomic E-state index is 0.0799. The molecule has 1 N–H and O–H groups in total. The normalized spacial score (nSPS) is 24.4. The Bertz CT molecular complexity index is 366. The minimum atomic E-state index is -0.504. The van der Waals surface area contributed by atoms with Crippen LogP contribution in [0.1, 0.15) is 46.0 Å². The molecule has 114 valence electrons. The fourth-order valence-electron chi connectivity index (χ4n) is 3.28. The molecule has 0 radical (unpaired) electrons. The molecular weight excluding hydrogens is 256 g/mol. The summed E-state index contributed by atoms with van der Waals surface area (Å²) in [6, 6.07) is -0.0972. The van der Waals surface area contributed by atoms with Crippen LogP contribution in [0.2, 0.25) is 0 Å². The number of nitrogens with one attached hydrogen (secondary N) is 1. The average Bonchev–Trinajstić information content (AvgIpc) is 2.84. The number of alkyl carbamates (subject to hydrolysis) is 1. The summed E-state index contributed by atoms with van der Waals surface area (Å²) in [5.74, 6) is 0.813. The maximum atomic E-state index is 12.8. The number of methoxy groups -OCH3 is 1. The Kier molecular flexibility index (Phi) is 4.89. The zero-order valence-electron chi connectivity index (χ0n) is 12.7. The molecule has 5 nitrogen and oxygen atoms in total. The van der Waals surface area contributed by atoms with Crippen molar-refractivity contribution >= 4 is 12.0 Å². The van der Waals surface area contributed by atoms with Crippen LogP contribution in [0.15, 0.2) is 0 Å². The molecule has 1 saturated heterocycles. The molecule has 0 unspecified atom stereocenters. The molecule has 1 heterocycles. The van der Waals surface area contributed by atoms with Crippen molar-refractivity contribution in [2.24, 2.45) is 11.8 Å². The van der Waals surface area contributed by atoms with Crippen molar-refractivity contribution in [2.45, 2.75) is 58.0 Å². The van der Waals surface area contributed by atoms with Crippen LogP contribution in [0.3, 0.4) is 0 Å². The number of carbonyl (C=O) groups excluding carboxylic acids is 2. The maximum Gasteiger partial charge on any atom is 0.407 e. The first kappa shape index (κ1) is 15.1. The minimum Gasteiger partial charge on any atom is -0.453 e. The standard InChI is InChI=1S/C15H26N2O3/c1-10(2)12-8-5-9-17(12)14(18)13(11-6-4-7-11)16-15(19)20-3/h10-13H,4-9H2,1-3H3,(H,16,19)/t12-,13-/m0/s1. The number of hydrogen-bond acceptors (Lipinski definition) is 3. The number of amides is 2. The van der Waals surface area contributed by atoms with Gasteiger partial charge in [-0.15, -0.1) is 0 Å². The van der Waals surface area contributed by atoms with E-state index in [1.165, 1.54) is 7.11 Å². The molecule has 2 atom stereocenters. The zero-order chi connectivity index (χ0) is 14.7. The molecule has 2 amide bonds. The van der Waals surface area contributed by atoms with Gasteiger partial charge in [-0.1, -0.05) is 20.3 Å². The lowest BCUT2D eigenvalue weighted by Crippen LogP contribution is -2.55. The largest absolute Gasteiger partial charge is 0.453 e. The number of carbonyl (C=O) groups is 2. The van der Waals surface area contributed by atoms with Gasteiger partial charge in [-0.3, -0.25) is 4.79 Å². The summed E-state index contributed by atoms with van der Waals surface area (Å²) in [7, 11) is 1.34. The van der Waals surface area contributed by atoms with Gasteiger partial charge in [0.2, 0.25) is 5.91 Å². The summed E-state index contributed by atoms with van der Waals surface area (Å²) in [6.45, 7) is 5.12. The molecule has 0 spiro atoms. The van der Waals surface area contributed by atoms with Gasteiger partial charge in [0, 0.05) is 12.6 Å². The second kappa shape index (κ2) is 6.46. The first-order valence-corrected chi connectivity index (χ1v) is 7.69. The first-order valence-electron chi connectivity index (χ1n) is 7.69. The molecule has 0 aromatic rings. The average molecular weight is 282 g/mol. The van der Waals surface area contributed by atoms with Crippen molar-refractivity contribution in [1.29, 1.82) is 0 Å². The predicted octanol–water partition coefficient (Wildman–Crippen LogP) is 2.16. The highest BCUT2D eigenvalue weighted by atomic mass is 16.5. The van der Waals surface area contributed by atoms with Gasteiger partial charge in [-0.2, -0.15) is 0 Å². The molecule has 1 aliphatic heterocycles. The number of likely N-dealkylation sites (tertiary alicyclic amines) is 1. The Hall–Kier alpha value is -1.26. The molecule has 0 aromatic carbocycles. The van der Waals surface area contributed by atoms with Crippen molar-refractivity contribution in [3.63, 3.8) is 0 Å². The Labute approximate surface area is 121 Å². The molecular formula is C15H26N2O3. The van der Waals surface area contributed by atoms with E-state index in [2.05, 4.69) is 23.9 Å².